The van der Waals surface area contributed by atoms with Gasteiger partial charge in [0.1, 0.15) is 22.9 Å². The summed E-state index contributed by atoms with van der Waals surface area (Å²) < 4.78 is 48.9. The Hall–Kier alpha value is -3.49. The van der Waals surface area contributed by atoms with Gasteiger partial charge in [-0.25, -0.2) is 17.6 Å². The van der Waals surface area contributed by atoms with Gasteiger partial charge in [-0.1, -0.05) is 23.7 Å². The number of sulfone groups is 1. The van der Waals surface area contributed by atoms with E-state index in [-0.39, 0.29) is 49.1 Å². The summed E-state index contributed by atoms with van der Waals surface area (Å²) in [6, 6.07) is 13.7. The fourth-order valence-corrected chi connectivity index (χ4v) is 4.32. The molecule has 0 fully saturated rings. The molecule has 0 unspecified atom stereocenters. The zero-order valence-electron chi connectivity index (χ0n) is 17.4. The molecule has 33 heavy (non-hydrogen) atoms. The average molecular weight is 487 g/mol. The zero-order valence-corrected chi connectivity index (χ0v) is 19.0. The second-order valence-corrected chi connectivity index (χ2v) is 9.73. The minimum absolute atomic E-state index is 0.00735. The van der Waals surface area contributed by atoms with Gasteiger partial charge in [0.2, 0.25) is 5.43 Å². The molecule has 0 saturated heterocycles. The molecular weight excluding hydrogens is 471 g/mol. The van der Waals surface area contributed by atoms with E-state index < -0.39 is 27.1 Å². The minimum atomic E-state index is -3.50. The van der Waals surface area contributed by atoms with Crippen LogP contribution in [0.5, 0.6) is 5.75 Å². The van der Waals surface area contributed by atoms with Crippen LogP contribution in [0.2, 0.25) is 5.02 Å². The number of carbonyl (C=O) groups excluding carboxylic acids is 1. The number of hydrogen-bond acceptors (Lipinski definition) is 6. The fraction of sp³-hybridized carbons (Fsp3) is 0.0833. The monoisotopic (exact) mass is 486 g/mol. The molecule has 0 spiro atoms. The maximum absolute atomic E-state index is 14.4. The quantitative estimate of drug-likeness (QED) is 0.291. The van der Waals surface area contributed by atoms with Gasteiger partial charge < -0.3 is 9.15 Å². The van der Waals surface area contributed by atoms with Crippen LogP contribution in [0.4, 0.5) is 4.39 Å². The van der Waals surface area contributed by atoms with Crippen molar-refractivity contribution in [1.29, 1.82) is 0 Å². The van der Waals surface area contributed by atoms with Crippen LogP contribution in [0.1, 0.15) is 16.1 Å². The van der Waals surface area contributed by atoms with Crippen LogP contribution < -0.4 is 10.2 Å². The first-order valence-electron chi connectivity index (χ1n) is 9.60. The second kappa shape index (κ2) is 8.46. The molecule has 0 radical (unpaired) electrons. The van der Waals surface area contributed by atoms with Gasteiger partial charge in [0.25, 0.3) is 0 Å². The van der Waals surface area contributed by atoms with Crippen molar-refractivity contribution in [3.8, 4) is 16.9 Å². The highest BCUT2D eigenvalue weighted by Gasteiger charge is 2.20. The maximum Gasteiger partial charge on any atom is 0.343 e. The Bertz CT molecular complexity index is 1570. The summed E-state index contributed by atoms with van der Waals surface area (Å²) >= 11 is 6.12. The van der Waals surface area contributed by atoms with E-state index in [1.54, 1.807) is 0 Å². The topological polar surface area (TPSA) is 90.7 Å². The summed E-state index contributed by atoms with van der Waals surface area (Å²) in [4.78, 5) is 25.6. The van der Waals surface area contributed by atoms with E-state index in [4.69, 9.17) is 20.8 Å². The van der Waals surface area contributed by atoms with Crippen LogP contribution in [0.15, 0.2) is 74.8 Å². The van der Waals surface area contributed by atoms with Crippen molar-refractivity contribution in [1.82, 2.24) is 0 Å². The van der Waals surface area contributed by atoms with Gasteiger partial charge in [-0.3, -0.25) is 4.79 Å². The number of benzene rings is 3. The third kappa shape index (κ3) is 4.40. The average Bonchev–Trinajstić information content (AvgIpc) is 2.75. The molecular formula is C24H16ClFO6S. The molecule has 0 amide bonds. The fourth-order valence-electron chi connectivity index (χ4n) is 3.39. The molecule has 6 nitrogen and oxygen atoms in total. The predicted octanol–water partition coefficient (Wildman–Crippen LogP) is 5.18. The molecule has 0 bridgehead atoms. The Labute approximate surface area is 193 Å². The maximum atomic E-state index is 14.4. The van der Waals surface area contributed by atoms with Crippen molar-refractivity contribution in [3.63, 3.8) is 0 Å². The number of esters is 1. The van der Waals surface area contributed by atoms with Gasteiger partial charge in [0.15, 0.2) is 9.84 Å². The van der Waals surface area contributed by atoms with Gasteiger partial charge in [-0.2, -0.15) is 0 Å². The lowest BCUT2D eigenvalue weighted by atomic mass is 10.0. The first kappa shape index (κ1) is 22.7. The largest absolute Gasteiger partial charge is 0.460 e. The number of aryl methyl sites for hydroxylation is 1. The SMILES string of the molecule is Cc1oc2cc(OC(=O)c3cccc(S(C)(=O)=O)c3)ccc2c(=O)c1-c1c(F)cccc1Cl. The number of halogens is 2. The van der Waals surface area contributed by atoms with Crippen molar-refractivity contribution in [2.45, 2.75) is 11.8 Å². The third-order valence-electron chi connectivity index (χ3n) is 4.96. The van der Waals surface area contributed by atoms with Gasteiger partial charge in [-0.05, 0) is 49.4 Å². The van der Waals surface area contributed by atoms with Crippen LogP contribution in [-0.2, 0) is 9.84 Å². The van der Waals surface area contributed by atoms with Gasteiger partial charge >= 0.3 is 5.97 Å². The standard InChI is InChI=1S/C24H16ClFO6S/c1-13-21(22-18(25)7-4-8-19(22)26)23(27)17-10-9-15(12-20(17)31-13)32-24(28)14-5-3-6-16(11-14)33(2,29)30/h3-12H,1-2H3. The highest BCUT2D eigenvalue weighted by molar-refractivity contribution is 7.90. The van der Waals surface area contributed by atoms with E-state index in [2.05, 4.69) is 0 Å². The first-order chi connectivity index (χ1) is 15.6. The Morgan fingerprint density at radius 1 is 1.03 bits per heavy atom. The molecule has 1 heterocycles. The molecule has 3 aromatic carbocycles. The molecule has 1 aromatic heterocycles. The van der Waals surface area contributed by atoms with Crippen molar-refractivity contribution < 1.29 is 26.8 Å². The van der Waals surface area contributed by atoms with Crippen molar-refractivity contribution >= 4 is 38.4 Å². The lowest BCUT2D eigenvalue weighted by Gasteiger charge is -2.11. The zero-order chi connectivity index (χ0) is 23.9. The van der Waals surface area contributed by atoms with Crippen LogP contribution in [-0.4, -0.2) is 20.6 Å². The number of rotatable bonds is 4. The van der Waals surface area contributed by atoms with Crippen molar-refractivity contribution in [2.24, 2.45) is 0 Å². The van der Waals surface area contributed by atoms with Crippen LogP contribution in [0, 0.1) is 12.7 Å². The highest BCUT2D eigenvalue weighted by Crippen LogP contribution is 2.33. The number of fused-ring (bicyclic) bond motifs is 1. The smallest absolute Gasteiger partial charge is 0.343 e. The van der Waals surface area contributed by atoms with Crippen molar-refractivity contribution in [2.75, 3.05) is 6.26 Å². The molecule has 168 valence electrons. The van der Waals surface area contributed by atoms with E-state index in [1.807, 2.05) is 0 Å². The summed E-state index contributed by atoms with van der Waals surface area (Å²) in [5.74, 6) is -1.21. The Balaban J connectivity index is 1.73. The third-order valence-corrected chi connectivity index (χ3v) is 6.39. The van der Waals surface area contributed by atoms with Crippen LogP contribution in [0.25, 0.3) is 22.1 Å². The predicted molar refractivity (Wildman–Crippen MR) is 122 cm³/mol. The van der Waals surface area contributed by atoms with Gasteiger partial charge in [-0.15, -0.1) is 0 Å². The molecule has 0 aliphatic heterocycles. The Kier molecular flexibility index (Phi) is 5.82. The normalized spacial score (nSPS) is 11.5. The summed E-state index contributed by atoms with van der Waals surface area (Å²) in [5, 5.41) is 0.223. The first-order valence-corrected chi connectivity index (χ1v) is 11.9. The van der Waals surface area contributed by atoms with Crippen LogP contribution >= 0.6 is 11.6 Å². The molecule has 4 aromatic rings. The summed E-state index contributed by atoms with van der Waals surface area (Å²) in [5.41, 5.74) is -0.356. The number of carbonyl (C=O) groups is 1. The van der Waals surface area contributed by atoms with Gasteiger partial charge in [0, 0.05) is 17.9 Å². The number of ether oxygens (including phenoxy) is 1. The second-order valence-electron chi connectivity index (χ2n) is 7.31. The summed E-state index contributed by atoms with van der Waals surface area (Å²) in [6.45, 7) is 1.51. The van der Waals surface area contributed by atoms with Gasteiger partial charge in [0.05, 0.1) is 26.4 Å². The Morgan fingerprint density at radius 2 is 1.76 bits per heavy atom. The highest BCUT2D eigenvalue weighted by atomic mass is 35.5. The number of hydrogen-bond donors (Lipinski definition) is 0. The van der Waals surface area contributed by atoms with E-state index in [0.29, 0.717) is 0 Å². The molecule has 4 rings (SSSR count). The molecule has 0 saturated carbocycles. The van der Waals surface area contributed by atoms with E-state index in [1.165, 1.54) is 67.6 Å². The van der Waals surface area contributed by atoms with E-state index in [9.17, 15) is 22.4 Å². The molecule has 0 aliphatic carbocycles. The van der Waals surface area contributed by atoms with E-state index in [0.717, 1.165) is 6.26 Å². The van der Waals surface area contributed by atoms with Crippen molar-refractivity contribution in [3.05, 3.63) is 93.1 Å². The molecule has 9 heteroatoms. The Morgan fingerprint density at radius 3 is 2.45 bits per heavy atom. The van der Waals surface area contributed by atoms with E-state index >= 15 is 0 Å². The lowest BCUT2D eigenvalue weighted by molar-refractivity contribution is 0.0734. The lowest BCUT2D eigenvalue weighted by Crippen LogP contribution is -2.11. The molecule has 0 atom stereocenters. The van der Waals surface area contributed by atoms with Crippen LogP contribution in [0.3, 0.4) is 0 Å². The molecule has 0 N–H and O–H groups in total. The molecule has 0 aliphatic rings. The summed E-state index contributed by atoms with van der Waals surface area (Å²) in [7, 11) is -3.50. The minimum Gasteiger partial charge on any atom is -0.460 e. The summed E-state index contributed by atoms with van der Waals surface area (Å²) in [6.07, 6.45) is 1.04.